The van der Waals surface area contributed by atoms with E-state index in [1.807, 2.05) is 0 Å². The van der Waals surface area contributed by atoms with Crippen LogP contribution in [0.5, 0.6) is 0 Å². The molecule has 1 spiro atoms. The van der Waals surface area contributed by atoms with Crippen molar-refractivity contribution in [2.75, 3.05) is 6.54 Å². The highest BCUT2D eigenvalue weighted by Crippen LogP contribution is 2.47. The number of nitriles is 1. The molecule has 2 aliphatic carbocycles. The minimum Gasteiger partial charge on any atom is -0.349 e. The minimum absolute atomic E-state index is 0.0908. The average molecular weight is 529 g/mol. The van der Waals surface area contributed by atoms with Gasteiger partial charge in [0.15, 0.2) is 0 Å². The molecule has 2 saturated carbocycles. The van der Waals surface area contributed by atoms with Crippen molar-refractivity contribution in [1.82, 2.24) is 15.2 Å². The molecule has 2 heterocycles. The fraction of sp³-hybridized carbons (Fsp3) is 0.556. The van der Waals surface area contributed by atoms with Crippen LogP contribution in [0.3, 0.4) is 0 Å². The van der Waals surface area contributed by atoms with Gasteiger partial charge in [-0.3, -0.25) is 14.4 Å². The molecule has 2 aromatic rings. The summed E-state index contributed by atoms with van der Waals surface area (Å²) in [5, 5.41) is 14.1. The van der Waals surface area contributed by atoms with E-state index in [0.29, 0.717) is 47.1 Å². The largest absolute Gasteiger partial charge is 0.349 e. The Balaban J connectivity index is 1.39. The molecule has 1 unspecified atom stereocenters. The number of carbonyl (C=O) groups is 3. The highest BCUT2D eigenvalue weighted by Gasteiger charge is 2.49. The predicted molar refractivity (Wildman–Crippen MR) is 138 cm³/mol. The number of hydrogen-bond donors (Lipinski definition) is 2. The van der Waals surface area contributed by atoms with Crippen molar-refractivity contribution < 1.29 is 14.4 Å². The molecule has 1 saturated heterocycles. The van der Waals surface area contributed by atoms with Crippen molar-refractivity contribution in [3.05, 3.63) is 33.9 Å². The lowest BCUT2D eigenvalue weighted by molar-refractivity contribution is -0.126. The van der Waals surface area contributed by atoms with Crippen LogP contribution < -0.4 is 5.32 Å². The molecule has 0 bridgehead atoms. The van der Waals surface area contributed by atoms with Gasteiger partial charge >= 0.3 is 0 Å². The molecular formula is C27H30Cl2N4O3. The summed E-state index contributed by atoms with van der Waals surface area (Å²) in [6, 6.07) is 5.97. The Morgan fingerprint density at radius 1 is 1.22 bits per heavy atom. The zero-order valence-electron chi connectivity index (χ0n) is 20.1. The number of aromatic amines is 1. The predicted octanol–water partition coefficient (Wildman–Crippen LogP) is 5.41. The van der Waals surface area contributed by atoms with Crippen molar-refractivity contribution in [1.29, 1.82) is 5.26 Å². The second-order valence-electron chi connectivity index (χ2n) is 10.7. The van der Waals surface area contributed by atoms with E-state index in [2.05, 4.69) is 16.4 Å². The van der Waals surface area contributed by atoms with Crippen LogP contribution in [0.15, 0.2) is 18.2 Å². The molecular weight excluding hydrogens is 499 g/mol. The lowest BCUT2D eigenvalue weighted by Crippen LogP contribution is -2.49. The third-order valence-corrected chi connectivity index (χ3v) is 9.13. The van der Waals surface area contributed by atoms with E-state index >= 15 is 0 Å². The Kier molecular flexibility index (Phi) is 7.02. The second-order valence-corrected chi connectivity index (χ2v) is 11.5. The molecule has 2 amide bonds. The van der Waals surface area contributed by atoms with Gasteiger partial charge < -0.3 is 15.2 Å². The smallest absolute Gasteiger partial charge is 0.271 e. The lowest BCUT2D eigenvalue weighted by atomic mass is 9.72. The number of hydrogen-bond acceptors (Lipinski definition) is 4. The maximum absolute atomic E-state index is 13.8. The zero-order valence-corrected chi connectivity index (χ0v) is 21.6. The molecule has 3 atom stereocenters. The van der Waals surface area contributed by atoms with Gasteiger partial charge in [-0.05, 0) is 56.1 Å². The summed E-state index contributed by atoms with van der Waals surface area (Å²) in [4.78, 5) is 44.1. The molecule has 1 aliphatic heterocycles. The number of halogens is 2. The molecule has 2 N–H and O–H groups in total. The summed E-state index contributed by atoms with van der Waals surface area (Å²) in [7, 11) is 0. The van der Waals surface area contributed by atoms with Gasteiger partial charge in [-0.2, -0.15) is 5.26 Å². The molecule has 36 heavy (non-hydrogen) atoms. The number of nitrogens with one attached hydrogen (secondary N) is 2. The number of nitrogens with zero attached hydrogens (tertiary/aromatic N) is 2. The molecule has 7 nitrogen and oxygen atoms in total. The second kappa shape index (κ2) is 10.1. The zero-order chi connectivity index (χ0) is 25.4. The van der Waals surface area contributed by atoms with Crippen LogP contribution in [0.2, 0.25) is 10.0 Å². The van der Waals surface area contributed by atoms with Crippen molar-refractivity contribution in [2.45, 2.75) is 76.3 Å². The first-order chi connectivity index (χ1) is 17.3. The minimum atomic E-state index is -0.751. The quantitative estimate of drug-likeness (QED) is 0.541. The summed E-state index contributed by atoms with van der Waals surface area (Å²) >= 11 is 12.5. The molecule has 3 fully saturated rings. The number of fused-ring (bicyclic) bond motifs is 1. The standard InChI is InChI=1S/C27H30Cl2N4O3/c28-19-8-7-17-12-20(32-24(17)23(19)29)26(36)33-15-27(9-2-1-3-10-27)13-21(33)25(35)31-18(14-30)11-16-5-4-6-22(16)34/h7-8,12,16,18,21,32H,1-6,9-11,13,15H2,(H,31,35)/t16-,18-,21?/m0/s1. The van der Waals surface area contributed by atoms with Gasteiger partial charge in [0.25, 0.3) is 5.91 Å². The van der Waals surface area contributed by atoms with E-state index in [0.717, 1.165) is 43.9 Å². The van der Waals surface area contributed by atoms with Gasteiger partial charge in [0, 0.05) is 24.3 Å². The number of rotatable bonds is 5. The highest BCUT2D eigenvalue weighted by atomic mass is 35.5. The molecule has 1 aromatic heterocycles. The Hall–Kier alpha value is -2.56. The van der Waals surface area contributed by atoms with Crippen molar-refractivity contribution in [3.63, 3.8) is 0 Å². The highest BCUT2D eigenvalue weighted by molar-refractivity contribution is 6.45. The number of Topliss-reactive ketones (excluding diaryl/α,β-unsaturated/α-hetero) is 1. The third-order valence-electron chi connectivity index (χ3n) is 8.33. The Labute approximate surface area is 220 Å². The number of ketones is 1. The Bertz CT molecular complexity index is 1240. The third kappa shape index (κ3) is 4.73. The summed E-state index contributed by atoms with van der Waals surface area (Å²) in [6.45, 7) is 0.506. The van der Waals surface area contributed by atoms with E-state index in [1.165, 1.54) is 6.42 Å². The van der Waals surface area contributed by atoms with Gasteiger partial charge in [0.1, 0.15) is 23.6 Å². The number of likely N-dealkylation sites (tertiary alicyclic amines) is 1. The van der Waals surface area contributed by atoms with Crippen LogP contribution in [0.4, 0.5) is 0 Å². The SMILES string of the molecule is N#C[C@H](C[C@@H]1CCCC1=O)NC(=O)C1CC2(CCCCC2)CN1C(=O)c1cc2ccc(Cl)c(Cl)c2[nH]1. The first-order valence-electron chi connectivity index (χ1n) is 12.8. The van der Waals surface area contributed by atoms with E-state index in [4.69, 9.17) is 23.2 Å². The number of aromatic nitrogens is 1. The normalized spacial score (nSPS) is 24.2. The Morgan fingerprint density at radius 3 is 2.69 bits per heavy atom. The van der Waals surface area contributed by atoms with Gasteiger partial charge in [-0.25, -0.2) is 0 Å². The fourth-order valence-corrected chi connectivity index (χ4v) is 6.79. The van der Waals surface area contributed by atoms with Crippen LogP contribution in [0, 0.1) is 22.7 Å². The van der Waals surface area contributed by atoms with Crippen LogP contribution in [0.25, 0.3) is 10.9 Å². The molecule has 5 rings (SSSR count). The van der Waals surface area contributed by atoms with Gasteiger partial charge in [0.05, 0.1) is 21.6 Å². The molecule has 190 valence electrons. The van der Waals surface area contributed by atoms with Gasteiger partial charge in [0.2, 0.25) is 5.91 Å². The summed E-state index contributed by atoms with van der Waals surface area (Å²) in [6.07, 6.45) is 8.35. The number of benzene rings is 1. The van der Waals surface area contributed by atoms with E-state index in [-0.39, 0.29) is 28.9 Å². The molecule has 3 aliphatic rings. The fourth-order valence-electron chi connectivity index (χ4n) is 6.41. The van der Waals surface area contributed by atoms with Gasteiger partial charge in [-0.15, -0.1) is 0 Å². The van der Waals surface area contributed by atoms with E-state index < -0.39 is 12.1 Å². The average Bonchev–Trinajstić information content (AvgIpc) is 3.59. The first kappa shape index (κ1) is 25.1. The maximum atomic E-state index is 13.8. The molecule has 0 radical (unpaired) electrons. The lowest BCUT2D eigenvalue weighted by Gasteiger charge is -2.32. The van der Waals surface area contributed by atoms with Crippen LogP contribution in [-0.2, 0) is 9.59 Å². The number of amides is 2. The van der Waals surface area contributed by atoms with Crippen LogP contribution in [-0.4, -0.2) is 46.1 Å². The van der Waals surface area contributed by atoms with Crippen LogP contribution in [0.1, 0.15) is 74.7 Å². The maximum Gasteiger partial charge on any atom is 0.271 e. The molecule has 1 aromatic carbocycles. The summed E-state index contributed by atoms with van der Waals surface area (Å²) < 4.78 is 0. The van der Waals surface area contributed by atoms with Crippen molar-refractivity contribution >= 4 is 51.7 Å². The van der Waals surface area contributed by atoms with Crippen LogP contribution >= 0.6 is 23.2 Å². The van der Waals surface area contributed by atoms with E-state index in [1.54, 1.807) is 23.1 Å². The topological polar surface area (TPSA) is 106 Å². The van der Waals surface area contributed by atoms with Gasteiger partial charge in [-0.1, -0.05) is 48.5 Å². The van der Waals surface area contributed by atoms with E-state index in [9.17, 15) is 19.6 Å². The molecule has 9 heteroatoms. The van der Waals surface area contributed by atoms with Crippen molar-refractivity contribution in [3.8, 4) is 6.07 Å². The van der Waals surface area contributed by atoms with Crippen molar-refractivity contribution in [2.24, 2.45) is 11.3 Å². The Morgan fingerprint density at radius 2 is 2.00 bits per heavy atom. The summed E-state index contributed by atoms with van der Waals surface area (Å²) in [5.41, 5.74) is 0.853. The number of carbonyl (C=O) groups excluding carboxylic acids is 3. The summed E-state index contributed by atoms with van der Waals surface area (Å²) in [5.74, 6) is -0.592. The number of H-pyrrole nitrogens is 1. The monoisotopic (exact) mass is 528 g/mol. The first-order valence-corrected chi connectivity index (χ1v) is 13.6.